The van der Waals surface area contributed by atoms with Crippen LogP contribution in [0.15, 0.2) is 83.8 Å². The Kier molecular flexibility index (Phi) is 5.34. The van der Waals surface area contributed by atoms with Crippen molar-refractivity contribution < 1.29 is 21.6 Å². The summed E-state index contributed by atoms with van der Waals surface area (Å²) in [6.45, 7) is -0.229. The molecule has 3 nitrogen and oxygen atoms in total. The first-order valence-corrected chi connectivity index (χ1v) is 9.55. The highest BCUT2D eigenvalue weighted by Gasteiger charge is 2.30. The summed E-state index contributed by atoms with van der Waals surface area (Å²) >= 11 is 0. The highest BCUT2D eigenvalue weighted by molar-refractivity contribution is 7.89. The molecule has 0 bridgehead atoms. The van der Waals surface area contributed by atoms with E-state index in [-0.39, 0.29) is 17.0 Å². The molecule has 0 aromatic heterocycles. The van der Waals surface area contributed by atoms with Crippen LogP contribution >= 0.6 is 0 Å². The van der Waals surface area contributed by atoms with Gasteiger partial charge in [-0.05, 0) is 34.9 Å². The average molecular weight is 391 g/mol. The number of rotatable bonds is 5. The highest BCUT2D eigenvalue weighted by atomic mass is 32.2. The molecule has 3 aromatic carbocycles. The second kappa shape index (κ2) is 7.54. The molecule has 1 N–H and O–H groups in total. The molecule has 0 unspecified atom stereocenters. The zero-order valence-corrected chi connectivity index (χ0v) is 14.9. The number of hydrogen-bond donors (Lipinski definition) is 1. The van der Waals surface area contributed by atoms with Crippen molar-refractivity contribution in [3.63, 3.8) is 0 Å². The van der Waals surface area contributed by atoms with Gasteiger partial charge >= 0.3 is 6.18 Å². The summed E-state index contributed by atoms with van der Waals surface area (Å²) in [6, 6.07) is 20.4. The van der Waals surface area contributed by atoms with Gasteiger partial charge in [-0.25, -0.2) is 13.1 Å². The van der Waals surface area contributed by atoms with Crippen molar-refractivity contribution in [1.29, 1.82) is 0 Å². The van der Waals surface area contributed by atoms with Gasteiger partial charge in [-0.2, -0.15) is 13.2 Å². The van der Waals surface area contributed by atoms with Crippen molar-refractivity contribution in [3.8, 4) is 11.1 Å². The summed E-state index contributed by atoms with van der Waals surface area (Å²) in [4.78, 5) is 0.0501. The lowest BCUT2D eigenvalue weighted by Crippen LogP contribution is -2.23. The van der Waals surface area contributed by atoms with Crippen LogP contribution in [0.25, 0.3) is 11.1 Å². The molecule has 0 radical (unpaired) electrons. The molecular weight excluding hydrogens is 375 g/mol. The van der Waals surface area contributed by atoms with Crippen LogP contribution in [0.1, 0.15) is 11.1 Å². The van der Waals surface area contributed by atoms with Gasteiger partial charge in [0.2, 0.25) is 10.0 Å². The van der Waals surface area contributed by atoms with Crippen LogP contribution in [0, 0.1) is 0 Å². The SMILES string of the molecule is O=S(=O)(NCc1cccc(C(F)(F)F)c1)c1ccc(-c2ccccc2)cc1. The van der Waals surface area contributed by atoms with Crippen LogP contribution in [0.2, 0.25) is 0 Å². The Labute approximate surface area is 155 Å². The fourth-order valence-electron chi connectivity index (χ4n) is 2.58. The van der Waals surface area contributed by atoms with E-state index in [2.05, 4.69) is 4.72 Å². The van der Waals surface area contributed by atoms with Crippen molar-refractivity contribution in [3.05, 3.63) is 90.0 Å². The standard InChI is InChI=1S/C20H16F3NO2S/c21-20(22,23)18-8-4-5-15(13-18)14-24-27(25,26)19-11-9-17(10-12-19)16-6-2-1-3-7-16/h1-13,24H,14H2. The fourth-order valence-corrected chi connectivity index (χ4v) is 3.59. The molecule has 0 fully saturated rings. The van der Waals surface area contributed by atoms with Crippen molar-refractivity contribution in [2.45, 2.75) is 17.6 Å². The first kappa shape index (κ1) is 19.1. The zero-order valence-electron chi connectivity index (χ0n) is 14.1. The van der Waals surface area contributed by atoms with E-state index < -0.39 is 21.8 Å². The van der Waals surface area contributed by atoms with Crippen LogP contribution < -0.4 is 4.72 Å². The summed E-state index contributed by atoms with van der Waals surface area (Å²) in [5.41, 5.74) is 1.24. The molecule has 0 aliphatic carbocycles. The van der Waals surface area contributed by atoms with E-state index >= 15 is 0 Å². The first-order chi connectivity index (χ1) is 12.8. The predicted molar refractivity (Wildman–Crippen MR) is 97.3 cm³/mol. The van der Waals surface area contributed by atoms with Gasteiger partial charge < -0.3 is 0 Å². The molecule has 0 amide bonds. The molecule has 0 aliphatic heterocycles. The third-order valence-electron chi connectivity index (χ3n) is 3.99. The van der Waals surface area contributed by atoms with E-state index in [1.807, 2.05) is 30.3 Å². The van der Waals surface area contributed by atoms with Crippen LogP contribution in [0.4, 0.5) is 13.2 Å². The second-order valence-corrected chi connectivity index (χ2v) is 7.68. The predicted octanol–water partition coefficient (Wildman–Crippen LogP) is 4.85. The van der Waals surface area contributed by atoms with Crippen LogP contribution in [-0.2, 0) is 22.7 Å². The van der Waals surface area contributed by atoms with E-state index in [9.17, 15) is 21.6 Å². The Morgan fingerprint density at radius 2 is 1.41 bits per heavy atom. The van der Waals surface area contributed by atoms with Gasteiger partial charge in [0.1, 0.15) is 0 Å². The number of sulfonamides is 1. The zero-order chi connectivity index (χ0) is 19.5. The lowest BCUT2D eigenvalue weighted by Gasteiger charge is -2.10. The second-order valence-electron chi connectivity index (χ2n) is 5.91. The molecule has 27 heavy (non-hydrogen) atoms. The van der Waals surface area contributed by atoms with Crippen molar-refractivity contribution >= 4 is 10.0 Å². The molecule has 0 saturated carbocycles. The maximum absolute atomic E-state index is 12.7. The Hall–Kier alpha value is -2.64. The van der Waals surface area contributed by atoms with Gasteiger partial charge in [0.25, 0.3) is 0 Å². The lowest BCUT2D eigenvalue weighted by molar-refractivity contribution is -0.137. The molecule has 140 valence electrons. The number of alkyl halides is 3. The normalized spacial score (nSPS) is 12.1. The molecular formula is C20H16F3NO2S. The third kappa shape index (κ3) is 4.75. The minimum atomic E-state index is -4.47. The van der Waals surface area contributed by atoms with E-state index in [1.165, 1.54) is 24.3 Å². The molecule has 0 saturated heterocycles. The van der Waals surface area contributed by atoms with Gasteiger partial charge in [0, 0.05) is 6.54 Å². The van der Waals surface area contributed by atoms with E-state index in [4.69, 9.17) is 0 Å². The fraction of sp³-hybridized carbons (Fsp3) is 0.100. The Morgan fingerprint density at radius 1 is 0.778 bits per heavy atom. The minimum absolute atomic E-state index is 0.0501. The molecule has 0 aliphatic rings. The quantitative estimate of drug-likeness (QED) is 0.676. The van der Waals surface area contributed by atoms with Crippen LogP contribution in [0.5, 0.6) is 0 Å². The molecule has 0 spiro atoms. The van der Waals surface area contributed by atoms with Gasteiger partial charge in [-0.15, -0.1) is 0 Å². The number of nitrogens with one attached hydrogen (secondary N) is 1. The van der Waals surface area contributed by atoms with Gasteiger partial charge in [-0.1, -0.05) is 60.7 Å². The first-order valence-electron chi connectivity index (χ1n) is 8.07. The van der Waals surface area contributed by atoms with E-state index in [0.717, 1.165) is 23.3 Å². The summed E-state index contributed by atoms with van der Waals surface area (Å²) in [5.74, 6) is 0. The summed E-state index contributed by atoms with van der Waals surface area (Å²) < 4.78 is 65.4. The van der Waals surface area contributed by atoms with Crippen molar-refractivity contribution in [1.82, 2.24) is 4.72 Å². The van der Waals surface area contributed by atoms with Crippen molar-refractivity contribution in [2.24, 2.45) is 0 Å². The van der Waals surface area contributed by atoms with Gasteiger partial charge in [0.05, 0.1) is 10.5 Å². The molecule has 7 heteroatoms. The number of benzene rings is 3. The third-order valence-corrected chi connectivity index (χ3v) is 5.41. The highest BCUT2D eigenvalue weighted by Crippen LogP contribution is 2.29. The van der Waals surface area contributed by atoms with Crippen LogP contribution in [-0.4, -0.2) is 8.42 Å². The number of hydrogen-bond acceptors (Lipinski definition) is 2. The topological polar surface area (TPSA) is 46.2 Å². The van der Waals surface area contributed by atoms with E-state index in [1.54, 1.807) is 12.1 Å². The number of halogens is 3. The smallest absolute Gasteiger partial charge is 0.207 e. The summed E-state index contributed by atoms with van der Waals surface area (Å²) in [7, 11) is -3.84. The Morgan fingerprint density at radius 3 is 2.04 bits per heavy atom. The maximum Gasteiger partial charge on any atom is 0.416 e. The molecule has 3 aromatic rings. The molecule has 0 atom stereocenters. The minimum Gasteiger partial charge on any atom is -0.207 e. The lowest BCUT2D eigenvalue weighted by atomic mass is 10.1. The van der Waals surface area contributed by atoms with E-state index in [0.29, 0.717) is 0 Å². The average Bonchev–Trinajstić information content (AvgIpc) is 2.67. The summed E-state index contributed by atoms with van der Waals surface area (Å²) in [6.07, 6.45) is -4.47. The Bertz CT molecular complexity index is 1020. The van der Waals surface area contributed by atoms with Gasteiger partial charge in [-0.3, -0.25) is 0 Å². The molecule has 3 rings (SSSR count). The largest absolute Gasteiger partial charge is 0.416 e. The monoisotopic (exact) mass is 391 g/mol. The van der Waals surface area contributed by atoms with Crippen molar-refractivity contribution in [2.75, 3.05) is 0 Å². The molecule has 0 heterocycles. The maximum atomic E-state index is 12.7. The Balaban J connectivity index is 1.74. The van der Waals surface area contributed by atoms with Crippen LogP contribution in [0.3, 0.4) is 0 Å². The summed E-state index contributed by atoms with van der Waals surface area (Å²) in [5, 5.41) is 0. The van der Waals surface area contributed by atoms with Gasteiger partial charge in [0.15, 0.2) is 0 Å².